The normalized spacial score (nSPS) is 25.8. The number of hydrogen-bond acceptors (Lipinski definition) is 4. The van der Waals surface area contributed by atoms with E-state index in [0.717, 1.165) is 5.56 Å². The molecule has 2 atom stereocenters. The summed E-state index contributed by atoms with van der Waals surface area (Å²) in [6, 6.07) is -0.0820. The van der Waals surface area contributed by atoms with Gasteiger partial charge in [0.15, 0.2) is 9.84 Å². The van der Waals surface area contributed by atoms with Crippen LogP contribution in [0, 0.1) is 5.92 Å². The molecule has 1 aromatic rings. The Hall–Kier alpha value is -0.880. The fourth-order valence-electron chi connectivity index (χ4n) is 2.18. The van der Waals surface area contributed by atoms with Crippen molar-refractivity contribution in [2.45, 2.75) is 18.9 Å². The lowest BCUT2D eigenvalue weighted by molar-refractivity contribution is 0.461. The number of aryl methyl sites for hydroxylation is 1. The van der Waals surface area contributed by atoms with Crippen LogP contribution < -0.4 is 5.73 Å². The van der Waals surface area contributed by atoms with E-state index in [1.54, 1.807) is 10.9 Å². The molecule has 0 aromatic carbocycles. The zero-order valence-corrected chi connectivity index (χ0v) is 10.2. The second-order valence-corrected chi connectivity index (χ2v) is 6.78. The van der Waals surface area contributed by atoms with Crippen molar-refractivity contribution in [1.29, 1.82) is 0 Å². The first kappa shape index (κ1) is 11.6. The molecule has 6 heteroatoms. The standard InChI is InChI=1S/C10H17N3O2S/c1-13-6-8(5-12-13)4-10(11)9-2-3-16(14,15)7-9/h5-6,9-10H,2-4,7,11H2,1H3. The SMILES string of the molecule is Cn1cc(CC(N)C2CCS(=O)(=O)C2)cn1. The quantitative estimate of drug-likeness (QED) is 0.792. The Balaban J connectivity index is 1.96. The molecule has 0 spiro atoms. The Labute approximate surface area is 95.6 Å². The maximum absolute atomic E-state index is 11.3. The summed E-state index contributed by atoms with van der Waals surface area (Å²) in [5, 5.41) is 4.07. The van der Waals surface area contributed by atoms with Crippen LogP contribution in [0.4, 0.5) is 0 Å². The first-order valence-electron chi connectivity index (χ1n) is 5.40. The van der Waals surface area contributed by atoms with E-state index < -0.39 is 9.84 Å². The van der Waals surface area contributed by atoms with Crippen molar-refractivity contribution < 1.29 is 8.42 Å². The first-order valence-corrected chi connectivity index (χ1v) is 7.22. The van der Waals surface area contributed by atoms with Crippen LogP contribution in [0.3, 0.4) is 0 Å². The number of aromatic nitrogens is 2. The van der Waals surface area contributed by atoms with E-state index in [1.165, 1.54) is 0 Å². The largest absolute Gasteiger partial charge is 0.327 e. The van der Waals surface area contributed by atoms with Gasteiger partial charge in [0.1, 0.15) is 0 Å². The molecule has 1 saturated heterocycles. The minimum Gasteiger partial charge on any atom is -0.327 e. The maximum atomic E-state index is 11.3. The van der Waals surface area contributed by atoms with Gasteiger partial charge in [-0.05, 0) is 24.3 Å². The van der Waals surface area contributed by atoms with Gasteiger partial charge in [0.25, 0.3) is 0 Å². The molecule has 0 amide bonds. The predicted molar refractivity (Wildman–Crippen MR) is 61.6 cm³/mol. The highest BCUT2D eigenvalue weighted by molar-refractivity contribution is 7.91. The summed E-state index contributed by atoms with van der Waals surface area (Å²) in [5.41, 5.74) is 7.11. The third kappa shape index (κ3) is 2.62. The molecule has 2 heterocycles. The van der Waals surface area contributed by atoms with Gasteiger partial charge in [-0.2, -0.15) is 5.10 Å². The summed E-state index contributed by atoms with van der Waals surface area (Å²) in [5.74, 6) is 0.637. The highest BCUT2D eigenvalue weighted by atomic mass is 32.2. The minimum atomic E-state index is -2.83. The van der Waals surface area contributed by atoms with Crippen molar-refractivity contribution in [2.24, 2.45) is 18.7 Å². The van der Waals surface area contributed by atoms with Crippen LogP contribution in [0.1, 0.15) is 12.0 Å². The van der Waals surface area contributed by atoms with Crippen molar-refractivity contribution in [1.82, 2.24) is 9.78 Å². The summed E-state index contributed by atoms with van der Waals surface area (Å²) in [6.45, 7) is 0. The molecule has 0 saturated carbocycles. The summed E-state index contributed by atoms with van der Waals surface area (Å²) in [7, 11) is -0.972. The average Bonchev–Trinajstić information content (AvgIpc) is 2.72. The van der Waals surface area contributed by atoms with Crippen LogP contribution in [0.5, 0.6) is 0 Å². The van der Waals surface area contributed by atoms with Crippen LogP contribution >= 0.6 is 0 Å². The van der Waals surface area contributed by atoms with Gasteiger partial charge in [-0.1, -0.05) is 0 Å². The third-order valence-corrected chi connectivity index (χ3v) is 4.90. The van der Waals surface area contributed by atoms with Gasteiger partial charge >= 0.3 is 0 Å². The van der Waals surface area contributed by atoms with E-state index in [-0.39, 0.29) is 17.7 Å². The molecular weight excluding hydrogens is 226 g/mol. The van der Waals surface area contributed by atoms with Crippen LogP contribution in [0.25, 0.3) is 0 Å². The van der Waals surface area contributed by atoms with Crippen molar-refractivity contribution in [2.75, 3.05) is 11.5 Å². The molecule has 1 aliphatic heterocycles. The van der Waals surface area contributed by atoms with E-state index in [0.29, 0.717) is 18.6 Å². The Kier molecular flexibility index (Phi) is 3.03. The van der Waals surface area contributed by atoms with Crippen LogP contribution in [0.15, 0.2) is 12.4 Å². The zero-order chi connectivity index (χ0) is 11.8. The van der Waals surface area contributed by atoms with Gasteiger partial charge in [-0.3, -0.25) is 4.68 Å². The Bertz CT molecular complexity index is 466. The highest BCUT2D eigenvalue weighted by Gasteiger charge is 2.31. The predicted octanol–water partition coefficient (Wildman–Crippen LogP) is -0.275. The van der Waals surface area contributed by atoms with Gasteiger partial charge in [0, 0.05) is 19.3 Å². The molecule has 1 fully saturated rings. The molecule has 0 aliphatic carbocycles. The van der Waals surface area contributed by atoms with Gasteiger partial charge in [0.2, 0.25) is 0 Å². The second kappa shape index (κ2) is 4.18. The molecule has 1 aromatic heterocycles. The fourth-order valence-corrected chi connectivity index (χ4v) is 4.07. The van der Waals surface area contributed by atoms with Crippen molar-refractivity contribution in [3.05, 3.63) is 18.0 Å². The van der Waals surface area contributed by atoms with Gasteiger partial charge in [-0.15, -0.1) is 0 Å². The monoisotopic (exact) mass is 243 g/mol. The van der Waals surface area contributed by atoms with E-state index >= 15 is 0 Å². The molecular formula is C10H17N3O2S. The van der Waals surface area contributed by atoms with Gasteiger partial charge < -0.3 is 5.73 Å². The molecule has 2 unspecified atom stereocenters. The number of hydrogen-bond donors (Lipinski definition) is 1. The topological polar surface area (TPSA) is 78.0 Å². The number of sulfone groups is 1. The molecule has 0 radical (unpaired) electrons. The van der Waals surface area contributed by atoms with E-state index in [9.17, 15) is 8.42 Å². The summed E-state index contributed by atoms with van der Waals surface area (Å²) >= 11 is 0. The van der Waals surface area contributed by atoms with E-state index in [2.05, 4.69) is 5.10 Å². The average molecular weight is 243 g/mol. The lowest BCUT2D eigenvalue weighted by Crippen LogP contribution is -2.32. The minimum absolute atomic E-state index is 0.0820. The lowest BCUT2D eigenvalue weighted by Gasteiger charge is -2.16. The van der Waals surface area contributed by atoms with Crippen LogP contribution in [-0.2, 0) is 23.3 Å². The Morgan fingerprint density at radius 1 is 1.69 bits per heavy atom. The molecule has 2 N–H and O–H groups in total. The molecule has 0 bridgehead atoms. The number of nitrogens with zero attached hydrogens (tertiary/aromatic N) is 2. The summed E-state index contributed by atoms with van der Waals surface area (Å²) < 4.78 is 24.4. The number of nitrogens with two attached hydrogens (primary N) is 1. The molecule has 1 aliphatic rings. The number of rotatable bonds is 3. The molecule has 5 nitrogen and oxygen atoms in total. The van der Waals surface area contributed by atoms with Gasteiger partial charge in [0.05, 0.1) is 17.7 Å². The zero-order valence-electron chi connectivity index (χ0n) is 9.33. The molecule has 16 heavy (non-hydrogen) atoms. The maximum Gasteiger partial charge on any atom is 0.150 e. The Morgan fingerprint density at radius 3 is 2.94 bits per heavy atom. The van der Waals surface area contributed by atoms with Crippen LogP contribution in [0.2, 0.25) is 0 Å². The highest BCUT2D eigenvalue weighted by Crippen LogP contribution is 2.22. The second-order valence-electron chi connectivity index (χ2n) is 4.55. The molecule has 90 valence electrons. The summed E-state index contributed by atoms with van der Waals surface area (Å²) in [6.07, 6.45) is 5.10. The van der Waals surface area contributed by atoms with Gasteiger partial charge in [-0.25, -0.2) is 8.42 Å². The Morgan fingerprint density at radius 2 is 2.44 bits per heavy atom. The first-order chi connectivity index (χ1) is 7.46. The third-order valence-electron chi connectivity index (χ3n) is 3.10. The van der Waals surface area contributed by atoms with E-state index in [1.807, 2.05) is 13.2 Å². The lowest BCUT2D eigenvalue weighted by atomic mass is 9.95. The van der Waals surface area contributed by atoms with Crippen molar-refractivity contribution >= 4 is 9.84 Å². The van der Waals surface area contributed by atoms with Crippen molar-refractivity contribution in [3.63, 3.8) is 0 Å². The van der Waals surface area contributed by atoms with E-state index in [4.69, 9.17) is 5.73 Å². The smallest absolute Gasteiger partial charge is 0.150 e. The summed E-state index contributed by atoms with van der Waals surface area (Å²) in [4.78, 5) is 0. The van der Waals surface area contributed by atoms with Crippen LogP contribution in [-0.4, -0.2) is 35.7 Å². The van der Waals surface area contributed by atoms with Crippen molar-refractivity contribution in [3.8, 4) is 0 Å². The fraction of sp³-hybridized carbons (Fsp3) is 0.700. The molecule has 2 rings (SSSR count).